The van der Waals surface area contributed by atoms with Crippen molar-refractivity contribution >= 4 is 11.7 Å². The van der Waals surface area contributed by atoms with Gasteiger partial charge in [0.1, 0.15) is 5.82 Å². The molecule has 1 aromatic rings. The summed E-state index contributed by atoms with van der Waals surface area (Å²) in [5.74, 6) is -1.58. The Morgan fingerprint density at radius 2 is 2.36 bits per heavy atom. The predicted molar refractivity (Wildman–Crippen MR) is 50.1 cm³/mol. The van der Waals surface area contributed by atoms with Crippen molar-refractivity contribution in [1.29, 1.82) is 0 Å². The Hall–Kier alpha value is -1.58. The summed E-state index contributed by atoms with van der Waals surface area (Å²) in [4.78, 5) is 10.8. The number of hydrogen-bond donors (Lipinski definition) is 2. The average molecular weight is 195 g/mol. The molecule has 0 saturated heterocycles. The Morgan fingerprint density at radius 1 is 1.64 bits per heavy atom. The van der Waals surface area contributed by atoms with Crippen molar-refractivity contribution in [1.82, 2.24) is 0 Å². The van der Waals surface area contributed by atoms with Crippen LogP contribution in [0, 0.1) is 5.82 Å². The number of fused-ring (bicyclic) bond motifs is 1. The lowest BCUT2D eigenvalue weighted by atomic mass is 10.1. The van der Waals surface area contributed by atoms with Gasteiger partial charge in [0.2, 0.25) is 0 Å². The van der Waals surface area contributed by atoms with Gasteiger partial charge in [0, 0.05) is 6.04 Å². The van der Waals surface area contributed by atoms with Gasteiger partial charge in [0.05, 0.1) is 11.3 Å². The molecule has 0 radical (unpaired) electrons. The number of benzene rings is 1. The van der Waals surface area contributed by atoms with E-state index < -0.39 is 11.8 Å². The average Bonchev–Trinajstić information content (AvgIpc) is 2.42. The Kier molecular flexibility index (Phi) is 1.91. The van der Waals surface area contributed by atoms with Gasteiger partial charge in [0.15, 0.2) is 0 Å². The van der Waals surface area contributed by atoms with E-state index in [1.807, 2.05) is 6.92 Å². The van der Waals surface area contributed by atoms with Crippen LogP contribution in [0.15, 0.2) is 12.1 Å². The fourth-order valence-corrected chi connectivity index (χ4v) is 1.79. The molecule has 2 N–H and O–H groups in total. The van der Waals surface area contributed by atoms with Crippen molar-refractivity contribution < 1.29 is 14.3 Å². The third kappa shape index (κ3) is 1.32. The molecule has 14 heavy (non-hydrogen) atoms. The lowest BCUT2D eigenvalue weighted by Gasteiger charge is -2.06. The van der Waals surface area contributed by atoms with Gasteiger partial charge in [-0.25, -0.2) is 9.18 Å². The lowest BCUT2D eigenvalue weighted by molar-refractivity contribution is 0.0697. The Bertz CT molecular complexity index is 403. The minimum Gasteiger partial charge on any atom is -0.478 e. The normalized spacial score (nSPS) is 18.9. The number of nitrogens with one attached hydrogen (secondary N) is 1. The molecule has 1 unspecified atom stereocenters. The van der Waals surface area contributed by atoms with E-state index in [4.69, 9.17) is 5.11 Å². The number of aromatic carboxylic acids is 1. The van der Waals surface area contributed by atoms with Crippen LogP contribution in [0.4, 0.5) is 10.1 Å². The molecule has 74 valence electrons. The zero-order valence-electron chi connectivity index (χ0n) is 7.67. The molecule has 0 fully saturated rings. The smallest absolute Gasteiger partial charge is 0.337 e. The van der Waals surface area contributed by atoms with E-state index in [1.165, 1.54) is 6.07 Å². The minimum atomic E-state index is -1.10. The van der Waals surface area contributed by atoms with Gasteiger partial charge in [-0.15, -0.1) is 0 Å². The third-order valence-electron chi connectivity index (χ3n) is 2.33. The van der Waals surface area contributed by atoms with Crippen LogP contribution in [0.5, 0.6) is 0 Å². The molecule has 1 atom stereocenters. The molecule has 0 spiro atoms. The molecule has 0 aromatic heterocycles. The summed E-state index contributed by atoms with van der Waals surface area (Å²) in [7, 11) is 0. The van der Waals surface area contributed by atoms with Crippen molar-refractivity contribution in [3.05, 3.63) is 29.1 Å². The monoisotopic (exact) mass is 195 g/mol. The minimum absolute atomic E-state index is 0.0179. The van der Waals surface area contributed by atoms with Crippen molar-refractivity contribution in [2.24, 2.45) is 0 Å². The number of carboxylic acids is 1. The van der Waals surface area contributed by atoms with Crippen LogP contribution < -0.4 is 5.32 Å². The van der Waals surface area contributed by atoms with Crippen LogP contribution in [-0.2, 0) is 6.42 Å². The first-order valence-corrected chi connectivity index (χ1v) is 4.40. The van der Waals surface area contributed by atoms with E-state index in [9.17, 15) is 9.18 Å². The van der Waals surface area contributed by atoms with E-state index in [1.54, 1.807) is 0 Å². The molecule has 0 bridgehead atoms. The van der Waals surface area contributed by atoms with E-state index in [2.05, 4.69) is 5.32 Å². The zero-order chi connectivity index (χ0) is 10.3. The number of carboxylic acid groups (broad SMARTS) is 1. The van der Waals surface area contributed by atoms with Gasteiger partial charge in [-0.3, -0.25) is 0 Å². The molecule has 4 heteroatoms. The summed E-state index contributed by atoms with van der Waals surface area (Å²) >= 11 is 0. The molecule has 0 aliphatic carbocycles. The number of anilines is 1. The van der Waals surface area contributed by atoms with Crippen molar-refractivity contribution in [2.75, 3.05) is 5.32 Å². The number of hydrogen-bond acceptors (Lipinski definition) is 2. The van der Waals surface area contributed by atoms with Crippen LogP contribution >= 0.6 is 0 Å². The zero-order valence-corrected chi connectivity index (χ0v) is 7.67. The van der Waals surface area contributed by atoms with Gasteiger partial charge in [-0.05, 0) is 31.0 Å². The SMILES string of the molecule is CC1Cc2cc(F)cc(C(=O)O)c2N1. The van der Waals surface area contributed by atoms with Gasteiger partial charge in [0.25, 0.3) is 0 Å². The Balaban J connectivity index is 2.57. The maximum absolute atomic E-state index is 13.0. The first-order valence-electron chi connectivity index (χ1n) is 4.40. The predicted octanol–water partition coefficient (Wildman–Crippen LogP) is 1.88. The highest BCUT2D eigenvalue weighted by atomic mass is 19.1. The molecule has 1 aliphatic heterocycles. The van der Waals surface area contributed by atoms with E-state index in [-0.39, 0.29) is 11.6 Å². The quantitative estimate of drug-likeness (QED) is 0.719. The summed E-state index contributed by atoms with van der Waals surface area (Å²) in [5.41, 5.74) is 1.32. The van der Waals surface area contributed by atoms with Crippen LogP contribution in [0.1, 0.15) is 22.8 Å². The first kappa shape index (κ1) is 8.99. The molecule has 1 aliphatic rings. The molecule has 1 heterocycles. The van der Waals surface area contributed by atoms with Gasteiger partial charge < -0.3 is 10.4 Å². The Labute approximate surface area is 80.6 Å². The molecule has 0 saturated carbocycles. The molecular weight excluding hydrogens is 185 g/mol. The standard InChI is InChI=1S/C10H10FNO2/c1-5-2-6-3-7(11)4-8(10(13)14)9(6)12-5/h3-5,12H,2H2,1H3,(H,13,14). The first-order chi connectivity index (χ1) is 6.58. The summed E-state index contributed by atoms with van der Waals surface area (Å²) in [6.07, 6.45) is 0.674. The van der Waals surface area contributed by atoms with Crippen LogP contribution in [-0.4, -0.2) is 17.1 Å². The second-order valence-electron chi connectivity index (χ2n) is 3.54. The van der Waals surface area contributed by atoms with Crippen molar-refractivity contribution in [3.63, 3.8) is 0 Å². The molecule has 2 rings (SSSR count). The molecule has 3 nitrogen and oxygen atoms in total. The maximum atomic E-state index is 13.0. The van der Waals surface area contributed by atoms with Crippen LogP contribution in [0.3, 0.4) is 0 Å². The van der Waals surface area contributed by atoms with Gasteiger partial charge >= 0.3 is 5.97 Å². The van der Waals surface area contributed by atoms with Gasteiger partial charge in [-0.2, -0.15) is 0 Å². The highest BCUT2D eigenvalue weighted by molar-refractivity contribution is 5.95. The van der Waals surface area contributed by atoms with E-state index >= 15 is 0 Å². The van der Waals surface area contributed by atoms with E-state index in [0.717, 1.165) is 11.6 Å². The van der Waals surface area contributed by atoms with Crippen molar-refractivity contribution in [2.45, 2.75) is 19.4 Å². The van der Waals surface area contributed by atoms with Crippen LogP contribution in [0.25, 0.3) is 0 Å². The highest BCUT2D eigenvalue weighted by Crippen LogP contribution is 2.30. The van der Waals surface area contributed by atoms with Crippen molar-refractivity contribution in [3.8, 4) is 0 Å². The van der Waals surface area contributed by atoms with E-state index in [0.29, 0.717) is 12.1 Å². The summed E-state index contributed by atoms with van der Waals surface area (Å²) in [6, 6.07) is 2.61. The number of carbonyl (C=O) groups is 1. The number of rotatable bonds is 1. The second-order valence-corrected chi connectivity index (χ2v) is 3.54. The second kappa shape index (κ2) is 2.97. The fourth-order valence-electron chi connectivity index (χ4n) is 1.79. The van der Waals surface area contributed by atoms with Crippen LogP contribution in [0.2, 0.25) is 0 Å². The highest BCUT2D eigenvalue weighted by Gasteiger charge is 2.23. The lowest BCUT2D eigenvalue weighted by Crippen LogP contribution is -2.10. The number of halogens is 1. The summed E-state index contributed by atoms with van der Waals surface area (Å²) < 4.78 is 13.0. The third-order valence-corrected chi connectivity index (χ3v) is 2.33. The summed E-state index contributed by atoms with van der Waals surface area (Å²) in [5, 5.41) is 11.9. The maximum Gasteiger partial charge on any atom is 0.337 e. The van der Waals surface area contributed by atoms with Gasteiger partial charge in [-0.1, -0.05) is 0 Å². The Morgan fingerprint density at radius 3 is 3.00 bits per heavy atom. The summed E-state index contributed by atoms with van der Waals surface area (Å²) in [6.45, 7) is 1.93. The molecule has 1 aromatic carbocycles. The molecule has 0 amide bonds. The largest absolute Gasteiger partial charge is 0.478 e. The molecular formula is C10H10FNO2. The topological polar surface area (TPSA) is 49.3 Å². The fraction of sp³-hybridized carbons (Fsp3) is 0.300.